The van der Waals surface area contributed by atoms with Gasteiger partial charge in [0.05, 0.1) is 16.5 Å². The minimum absolute atomic E-state index is 0.0586. The first-order chi connectivity index (χ1) is 8.93. The lowest BCUT2D eigenvalue weighted by Gasteiger charge is -2.08. The van der Waals surface area contributed by atoms with Crippen LogP contribution in [0.2, 0.25) is 0 Å². The minimum Gasteiger partial charge on any atom is -0.225 e. The van der Waals surface area contributed by atoms with Gasteiger partial charge in [0.2, 0.25) is 10.0 Å². The molecule has 2 rings (SSSR count). The second kappa shape index (κ2) is 4.84. The van der Waals surface area contributed by atoms with Gasteiger partial charge in [0.15, 0.2) is 0 Å². The third-order valence-corrected chi connectivity index (χ3v) is 3.79. The van der Waals surface area contributed by atoms with Crippen molar-refractivity contribution in [2.45, 2.75) is 11.8 Å². The number of nitrogens with zero attached hydrogens (tertiary/aromatic N) is 1. The van der Waals surface area contributed by atoms with E-state index < -0.39 is 10.0 Å². The number of benzene rings is 2. The summed E-state index contributed by atoms with van der Waals surface area (Å²) >= 11 is 0. The van der Waals surface area contributed by atoms with Crippen molar-refractivity contribution in [1.29, 1.82) is 5.26 Å². The maximum absolute atomic E-state index is 11.2. The quantitative estimate of drug-likeness (QED) is 0.909. The second-order valence-electron chi connectivity index (χ2n) is 4.18. The van der Waals surface area contributed by atoms with Crippen LogP contribution in [0.1, 0.15) is 11.1 Å². The predicted molar refractivity (Wildman–Crippen MR) is 72.7 cm³/mol. The SMILES string of the molecule is Cc1cccc(C#N)c1-c1ccc(S(N)(=O)=O)cc1. The van der Waals surface area contributed by atoms with Crippen molar-refractivity contribution in [2.24, 2.45) is 5.14 Å². The Bertz CT molecular complexity index is 757. The monoisotopic (exact) mass is 272 g/mol. The lowest BCUT2D eigenvalue weighted by atomic mass is 9.96. The van der Waals surface area contributed by atoms with Crippen LogP contribution in [0.3, 0.4) is 0 Å². The van der Waals surface area contributed by atoms with Gasteiger partial charge in [-0.3, -0.25) is 0 Å². The number of rotatable bonds is 2. The summed E-state index contributed by atoms with van der Waals surface area (Å²) in [5.74, 6) is 0. The maximum Gasteiger partial charge on any atom is 0.238 e. The van der Waals surface area contributed by atoms with Crippen molar-refractivity contribution in [3.8, 4) is 17.2 Å². The largest absolute Gasteiger partial charge is 0.238 e. The average Bonchev–Trinajstić information content (AvgIpc) is 2.37. The second-order valence-corrected chi connectivity index (χ2v) is 5.74. The number of sulfonamides is 1. The Balaban J connectivity index is 2.59. The number of aryl methyl sites for hydroxylation is 1. The highest BCUT2D eigenvalue weighted by Crippen LogP contribution is 2.27. The van der Waals surface area contributed by atoms with E-state index in [2.05, 4.69) is 6.07 Å². The van der Waals surface area contributed by atoms with Crippen molar-refractivity contribution in [2.75, 3.05) is 0 Å². The molecule has 4 nitrogen and oxygen atoms in total. The van der Waals surface area contributed by atoms with Gasteiger partial charge in [-0.2, -0.15) is 5.26 Å². The Morgan fingerprint density at radius 2 is 1.74 bits per heavy atom. The summed E-state index contributed by atoms with van der Waals surface area (Å²) in [5, 5.41) is 14.2. The van der Waals surface area contributed by atoms with E-state index in [4.69, 9.17) is 10.4 Å². The molecule has 96 valence electrons. The van der Waals surface area contributed by atoms with Gasteiger partial charge in [0.1, 0.15) is 0 Å². The first-order valence-corrected chi connectivity index (χ1v) is 7.11. The van der Waals surface area contributed by atoms with Crippen molar-refractivity contribution in [3.05, 3.63) is 53.6 Å². The van der Waals surface area contributed by atoms with Gasteiger partial charge in [0, 0.05) is 5.56 Å². The fourth-order valence-electron chi connectivity index (χ4n) is 1.96. The third-order valence-electron chi connectivity index (χ3n) is 2.86. The summed E-state index contributed by atoms with van der Waals surface area (Å²) in [6.45, 7) is 1.91. The Hall–Kier alpha value is -2.16. The summed E-state index contributed by atoms with van der Waals surface area (Å²) in [7, 11) is -3.69. The number of hydrogen-bond acceptors (Lipinski definition) is 3. The fraction of sp³-hybridized carbons (Fsp3) is 0.0714. The van der Waals surface area contributed by atoms with E-state index in [0.29, 0.717) is 5.56 Å². The fourth-order valence-corrected chi connectivity index (χ4v) is 2.47. The third kappa shape index (κ3) is 2.65. The minimum atomic E-state index is -3.69. The zero-order chi connectivity index (χ0) is 14.0. The number of nitrogens with two attached hydrogens (primary N) is 1. The Morgan fingerprint density at radius 3 is 2.26 bits per heavy atom. The average molecular weight is 272 g/mol. The van der Waals surface area contributed by atoms with E-state index >= 15 is 0 Å². The number of primary sulfonamides is 1. The normalized spacial score (nSPS) is 11.0. The van der Waals surface area contributed by atoms with Crippen LogP contribution in [0.15, 0.2) is 47.4 Å². The molecule has 0 aliphatic rings. The summed E-state index contributed by atoms with van der Waals surface area (Å²) in [4.78, 5) is 0.0586. The van der Waals surface area contributed by atoms with E-state index in [1.165, 1.54) is 12.1 Å². The zero-order valence-corrected chi connectivity index (χ0v) is 11.1. The van der Waals surface area contributed by atoms with Crippen molar-refractivity contribution >= 4 is 10.0 Å². The predicted octanol–water partition coefficient (Wildman–Crippen LogP) is 2.18. The lowest BCUT2D eigenvalue weighted by Crippen LogP contribution is -2.11. The molecule has 0 unspecified atom stereocenters. The van der Waals surface area contributed by atoms with Crippen LogP contribution < -0.4 is 5.14 Å². The number of hydrogen-bond donors (Lipinski definition) is 1. The van der Waals surface area contributed by atoms with Crippen LogP contribution in [0.25, 0.3) is 11.1 Å². The van der Waals surface area contributed by atoms with E-state index in [1.807, 2.05) is 19.1 Å². The highest BCUT2D eigenvalue weighted by molar-refractivity contribution is 7.89. The van der Waals surface area contributed by atoms with Crippen LogP contribution in [-0.2, 0) is 10.0 Å². The summed E-state index contributed by atoms with van der Waals surface area (Å²) in [5.41, 5.74) is 3.12. The van der Waals surface area contributed by atoms with Gasteiger partial charge >= 0.3 is 0 Å². The van der Waals surface area contributed by atoms with Crippen molar-refractivity contribution < 1.29 is 8.42 Å². The van der Waals surface area contributed by atoms with Crippen LogP contribution in [0.5, 0.6) is 0 Å². The molecule has 0 fully saturated rings. The van der Waals surface area contributed by atoms with E-state index in [9.17, 15) is 8.42 Å². The Labute approximate surface area is 112 Å². The van der Waals surface area contributed by atoms with Gasteiger partial charge in [-0.15, -0.1) is 0 Å². The van der Waals surface area contributed by atoms with Crippen LogP contribution in [0.4, 0.5) is 0 Å². The molecule has 0 saturated heterocycles. The van der Waals surface area contributed by atoms with E-state index in [1.54, 1.807) is 18.2 Å². The number of nitriles is 1. The molecule has 0 bridgehead atoms. The maximum atomic E-state index is 11.2. The molecule has 0 aliphatic carbocycles. The molecule has 0 saturated carbocycles. The standard InChI is InChI=1S/C14H12N2O2S/c1-10-3-2-4-12(9-15)14(10)11-5-7-13(8-6-11)19(16,17)18/h2-8H,1H3,(H2,16,17,18). The summed E-state index contributed by atoms with van der Waals surface area (Å²) in [6.07, 6.45) is 0. The van der Waals surface area contributed by atoms with Crippen molar-refractivity contribution in [1.82, 2.24) is 0 Å². The molecule has 2 aromatic carbocycles. The van der Waals surface area contributed by atoms with Gasteiger partial charge in [-0.1, -0.05) is 24.3 Å². The van der Waals surface area contributed by atoms with Crippen LogP contribution in [-0.4, -0.2) is 8.42 Å². The highest BCUT2D eigenvalue weighted by Gasteiger charge is 2.10. The van der Waals surface area contributed by atoms with Crippen LogP contribution in [0, 0.1) is 18.3 Å². The van der Waals surface area contributed by atoms with Crippen molar-refractivity contribution in [3.63, 3.8) is 0 Å². The molecule has 0 radical (unpaired) electrons. The molecule has 0 spiro atoms. The smallest absolute Gasteiger partial charge is 0.225 e. The first kappa shape index (κ1) is 13.3. The lowest BCUT2D eigenvalue weighted by molar-refractivity contribution is 0.598. The van der Waals surface area contributed by atoms with Gasteiger partial charge in [0.25, 0.3) is 0 Å². The molecule has 19 heavy (non-hydrogen) atoms. The molecule has 0 atom stereocenters. The summed E-state index contributed by atoms with van der Waals surface area (Å²) in [6, 6.07) is 13.8. The van der Waals surface area contributed by atoms with Crippen LogP contribution >= 0.6 is 0 Å². The molecule has 5 heteroatoms. The topological polar surface area (TPSA) is 83.9 Å². The molecule has 0 aromatic heterocycles. The molecule has 0 heterocycles. The zero-order valence-electron chi connectivity index (χ0n) is 10.3. The molecular formula is C14H12N2O2S. The van der Waals surface area contributed by atoms with Gasteiger partial charge in [-0.05, 0) is 36.2 Å². The molecule has 0 amide bonds. The van der Waals surface area contributed by atoms with E-state index in [-0.39, 0.29) is 4.90 Å². The van der Waals surface area contributed by atoms with E-state index in [0.717, 1.165) is 16.7 Å². The molecule has 2 aromatic rings. The summed E-state index contributed by atoms with van der Waals surface area (Å²) < 4.78 is 22.4. The van der Waals surface area contributed by atoms with Gasteiger partial charge in [-0.25, -0.2) is 13.6 Å². The van der Waals surface area contributed by atoms with Gasteiger partial charge < -0.3 is 0 Å². The molecular weight excluding hydrogens is 260 g/mol. The molecule has 0 aliphatic heterocycles. The Morgan fingerprint density at radius 1 is 1.11 bits per heavy atom. The Kier molecular flexibility index (Phi) is 3.38. The molecule has 2 N–H and O–H groups in total. The first-order valence-electron chi connectivity index (χ1n) is 5.56. The highest BCUT2D eigenvalue weighted by atomic mass is 32.2.